The van der Waals surface area contributed by atoms with Crippen molar-refractivity contribution >= 4 is 23.6 Å². The molecule has 0 saturated heterocycles. The molecule has 0 bridgehead atoms. The van der Waals surface area contributed by atoms with Crippen LogP contribution in [0.25, 0.3) is 0 Å². The molecule has 5 heteroatoms. The number of thioether (sulfide) groups is 1. The fraction of sp³-hybridized carbons (Fsp3) is 0.440. The van der Waals surface area contributed by atoms with Gasteiger partial charge in [0.05, 0.1) is 0 Å². The van der Waals surface area contributed by atoms with E-state index in [4.69, 9.17) is 0 Å². The highest BCUT2D eigenvalue weighted by Crippen LogP contribution is 2.21. The van der Waals surface area contributed by atoms with Crippen molar-refractivity contribution in [3.8, 4) is 0 Å². The molecular formula is C25H34N2O2S. The number of nitrogens with zero attached hydrogens (tertiary/aromatic N) is 1. The number of benzene rings is 2. The molecule has 1 N–H and O–H groups in total. The molecule has 2 aromatic carbocycles. The van der Waals surface area contributed by atoms with Gasteiger partial charge in [0.15, 0.2) is 0 Å². The Kier molecular flexibility index (Phi) is 9.95. The van der Waals surface area contributed by atoms with Gasteiger partial charge < -0.3 is 10.2 Å². The molecule has 2 atom stereocenters. The summed E-state index contributed by atoms with van der Waals surface area (Å²) in [6.07, 6.45) is 1.85. The summed E-state index contributed by atoms with van der Waals surface area (Å²) in [5.74, 6) is 0.642. The van der Waals surface area contributed by atoms with Crippen LogP contribution in [-0.4, -0.2) is 34.6 Å². The van der Waals surface area contributed by atoms with Gasteiger partial charge in [-0.3, -0.25) is 9.59 Å². The highest BCUT2D eigenvalue weighted by molar-refractivity contribution is 7.99. The van der Waals surface area contributed by atoms with E-state index in [1.807, 2.05) is 51.1 Å². The van der Waals surface area contributed by atoms with Gasteiger partial charge >= 0.3 is 0 Å². The third kappa shape index (κ3) is 7.52. The normalized spacial score (nSPS) is 12.8. The second kappa shape index (κ2) is 12.4. The minimum Gasteiger partial charge on any atom is -0.352 e. The van der Waals surface area contributed by atoms with Gasteiger partial charge in [0.25, 0.3) is 0 Å². The maximum atomic E-state index is 13.2. The summed E-state index contributed by atoms with van der Waals surface area (Å²) in [6.45, 7) is 8.51. The van der Waals surface area contributed by atoms with Crippen molar-refractivity contribution in [2.24, 2.45) is 0 Å². The van der Waals surface area contributed by atoms with Gasteiger partial charge in [0, 0.05) is 29.7 Å². The topological polar surface area (TPSA) is 49.4 Å². The highest BCUT2D eigenvalue weighted by Gasteiger charge is 2.28. The van der Waals surface area contributed by atoms with Crippen molar-refractivity contribution in [1.29, 1.82) is 0 Å². The van der Waals surface area contributed by atoms with E-state index in [1.54, 1.807) is 16.7 Å². The maximum Gasteiger partial charge on any atom is 0.243 e. The summed E-state index contributed by atoms with van der Waals surface area (Å²) in [6, 6.07) is 17.9. The molecule has 2 aromatic rings. The average molecular weight is 427 g/mol. The molecule has 0 aliphatic heterocycles. The van der Waals surface area contributed by atoms with E-state index < -0.39 is 6.04 Å². The lowest BCUT2D eigenvalue weighted by molar-refractivity contribution is -0.141. The van der Waals surface area contributed by atoms with Crippen LogP contribution < -0.4 is 5.32 Å². The summed E-state index contributed by atoms with van der Waals surface area (Å²) >= 11 is 1.68. The van der Waals surface area contributed by atoms with Crippen molar-refractivity contribution in [1.82, 2.24) is 10.2 Å². The lowest BCUT2D eigenvalue weighted by atomic mass is 10.1. The molecule has 2 amide bonds. The van der Waals surface area contributed by atoms with Crippen molar-refractivity contribution in [2.75, 3.05) is 5.75 Å². The first-order chi connectivity index (χ1) is 14.4. The highest BCUT2D eigenvalue weighted by atomic mass is 32.2. The number of aryl methyl sites for hydroxylation is 1. The third-order valence-corrected chi connectivity index (χ3v) is 6.20. The first kappa shape index (κ1) is 24.0. The van der Waals surface area contributed by atoms with Gasteiger partial charge in [-0.1, -0.05) is 61.9 Å². The molecular weight excluding hydrogens is 392 g/mol. The zero-order valence-electron chi connectivity index (χ0n) is 18.6. The molecule has 0 saturated carbocycles. The molecule has 4 nitrogen and oxygen atoms in total. The lowest BCUT2D eigenvalue weighted by Gasteiger charge is -2.31. The van der Waals surface area contributed by atoms with E-state index >= 15 is 0 Å². The number of carbonyl (C=O) groups excluding carboxylic acids is 2. The minimum atomic E-state index is -0.462. The Morgan fingerprint density at radius 3 is 2.27 bits per heavy atom. The number of carbonyl (C=O) groups is 2. The monoisotopic (exact) mass is 426 g/mol. The van der Waals surface area contributed by atoms with Gasteiger partial charge in [0.1, 0.15) is 6.04 Å². The number of rotatable bonds is 11. The SMILES string of the molecule is CC[C@@H](C)NC(=O)[C@H](CC)N(Cc1ccccc1)C(=O)CCSc1ccc(C)cc1. The summed E-state index contributed by atoms with van der Waals surface area (Å²) in [5.41, 5.74) is 2.26. The van der Waals surface area contributed by atoms with Crippen LogP contribution in [0.4, 0.5) is 0 Å². The number of amides is 2. The molecule has 0 radical (unpaired) electrons. The van der Waals surface area contributed by atoms with Gasteiger partial charge in [0.2, 0.25) is 11.8 Å². The van der Waals surface area contributed by atoms with Gasteiger partial charge in [-0.15, -0.1) is 11.8 Å². The first-order valence-electron chi connectivity index (χ1n) is 10.8. The molecule has 0 unspecified atom stereocenters. The van der Waals surface area contributed by atoms with Gasteiger partial charge in [-0.25, -0.2) is 0 Å². The molecule has 30 heavy (non-hydrogen) atoms. The number of nitrogens with one attached hydrogen (secondary N) is 1. The maximum absolute atomic E-state index is 13.2. The Hall–Kier alpha value is -2.27. The van der Waals surface area contributed by atoms with Crippen molar-refractivity contribution in [2.45, 2.75) is 70.5 Å². The molecule has 0 spiro atoms. The largest absolute Gasteiger partial charge is 0.352 e. The summed E-state index contributed by atoms with van der Waals surface area (Å²) in [7, 11) is 0. The van der Waals surface area contributed by atoms with Crippen LogP contribution in [0.1, 0.15) is 51.2 Å². The van der Waals surface area contributed by atoms with Crippen molar-refractivity contribution < 1.29 is 9.59 Å². The zero-order valence-corrected chi connectivity index (χ0v) is 19.4. The molecule has 2 rings (SSSR count). The van der Waals surface area contributed by atoms with E-state index in [0.717, 1.165) is 16.9 Å². The Bertz CT molecular complexity index is 793. The Labute approximate surface area is 185 Å². The second-order valence-corrected chi connectivity index (χ2v) is 8.83. The smallest absolute Gasteiger partial charge is 0.243 e. The standard InChI is InChI=1S/C25H34N2O2S/c1-5-20(4)26-25(29)23(6-2)27(18-21-10-8-7-9-11-21)24(28)16-17-30-22-14-12-19(3)13-15-22/h7-15,20,23H,5-6,16-18H2,1-4H3,(H,26,29)/t20-,23+/m1/s1. The molecule has 0 heterocycles. The summed E-state index contributed by atoms with van der Waals surface area (Å²) < 4.78 is 0. The van der Waals surface area contributed by atoms with E-state index in [2.05, 4.69) is 36.5 Å². The van der Waals surface area contributed by atoms with E-state index in [1.165, 1.54) is 5.56 Å². The summed E-state index contributed by atoms with van der Waals surface area (Å²) in [4.78, 5) is 29.0. The molecule has 0 fully saturated rings. The predicted molar refractivity (Wildman–Crippen MR) is 125 cm³/mol. The minimum absolute atomic E-state index is 0.0182. The number of hydrogen-bond donors (Lipinski definition) is 1. The van der Waals surface area contributed by atoms with Crippen molar-refractivity contribution in [3.63, 3.8) is 0 Å². The third-order valence-electron chi connectivity index (χ3n) is 5.19. The van der Waals surface area contributed by atoms with Gasteiger partial charge in [-0.05, 0) is 44.4 Å². The van der Waals surface area contributed by atoms with Crippen LogP contribution >= 0.6 is 11.8 Å². The van der Waals surface area contributed by atoms with Crippen LogP contribution in [-0.2, 0) is 16.1 Å². The predicted octanol–water partition coefficient (Wildman–Crippen LogP) is 5.20. The molecule has 0 aromatic heterocycles. The summed E-state index contributed by atoms with van der Waals surface area (Å²) in [5, 5.41) is 3.05. The number of hydrogen-bond acceptors (Lipinski definition) is 3. The van der Waals surface area contributed by atoms with Crippen LogP contribution in [0.15, 0.2) is 59.5 Å². The first-order valence-corrected chi connectivity index (χ1v) is 11.8. The van der Waals surface area contributed by atoms with Crippen LogP contribution in [0.5, 0.6) is 0 Å². The van der Waals surface area contributed by atoms with E-state index in [-0.39, 0.29) is 17.9 Å². The Morgan fingerprint density at radius 2 is 1.67 bits per heavy atom. The quantitative estimate of drug-likeness (QED) is 0.503. The molecule has 0 aliphatic rings. The van der Waals surface area contributed by atoms with Crippen molar-refractivity contribution in [3.05, 3.63) is 65.7 Å². The lowest BCUT2D eigenvalue weighted by Crippen LogP contribution is -2.50. The van der Waals surface area contributed by atoms with E-state index in [9.17, 15) is 9.59 Å². The second-order valence-electron chi connectivity index (χ2n) is 7.66. The van der Waals surface area contributed by atoms with Crippen LogP contribution in [0.3, 0.4) is 0 Å². The Balaban J connectivity index is 2.09. The fourth-order valence-corrected chi connectivity index (χ4v) is 4.02. The molecule has 0 aliphatic carbocycles. The fourth-order valence-electron chi connectivity index (χ4n) is 3.18. The zero-order chi connectivity index (χ0) is 21.9. The Morgan fingerprint density at radius 1 is 1.00 bits per heavy atom. The van der Waals surface area contributed by atoms with Gasteiger partial charge in [-0.2, -0.15) is 0 Å². The van der Waals surface area contributed by atoms with Crippen LogP contribution in [0.2, 0.25) is 0 Å². The van der Waals surface area contributed by atoms with Crippen LogP contribution in [0, 0.1) is 6.92 Å². The molecule has 162 valence electrons. The average Bonchev–Trinajstić information content (AvgIpc) is 2.75. The van der Waals surface area contributed by atoms with E-state index in [0.29, 0.717) is 25.1 Å².